The van der Waals surface area contributed by atoms with Gasteiger partial charge in [-0.25, -0.2) is 0 Å². The van der Waals surface area contributed by atoms with E-state index in [9.17, 15) is 0 Å². The molecule has 0 aromatic carbocycles. The Labute approximate surface area is 132 Å². The summed E-state index contributed by atoms with van der Waals surface area (Å²) in [6, 6.07) is 0. The second kappa shape index (κ2) is 12.9. The van der Waals surface area contributed by atoms with Crippen LogP contribution in [0.15, 0.2) is 37.0 Å². The van der Waals surface area contributed by atoms with Crippen molar-refractivity contribution in [3.8, 4) is 0 Å². The Morgan fingerprint density at radius 3 is 2.14 bits per heavy atom. The van der Waals surface area contributed by atoms with E-state index < -0.39 is 0 Å². The van der Waals surface area contributed by atoms with Crippen LogP contribution in [0.5, 0.6) is 0 Å². The molecule has 1 nitrogen and oxygen atoms in total. The molecule has 1 rings (SSSR count). The number of hydrogen-bond donors (Lipinski definition) is 0. The molecular formula is C20H34O. The molecule has 1 heteroatoms. The summed E-state index contributed by atoms with van der Waals surface area (Å²) in [4.78, 5) is 0. The van der Waals surface area contributed by atoms with Crippen molar-refractivity contribution in [2.75, 3.05) is 0 Å². The fraction of sp³-hybridized carbons (Fsp3) is 0.700. The molecule has 2 unspecified atom stereocenters. The first kappa shape index (κ1) is 18.2. The van der Waals surface area contributed by atoms with Crippen molar-refractivity contribution in [1.82, 2.24) is 0 Å². The number of allylic oxidation sites excluding steroid dienone is 4. The molecule has 1 fully saturated rings. The van der Waals surface area contributed by atoms with Crippen molar-refractivity contribution < 1.29 is 4.74 Å². The van der Waals surface area contributed by atoms with Gasteiger partial charge in [0.15, 0.2) is 0 Å². The Kier molecular flexibility index (Phi) is 11.2. The van der Waals surface area contributed by atoms with Crippen LogP contribution in [0, 0.1) is 0 Å². The molecule has 0 N–H and O–H groups in total. The van der Waals surface area contributed by atoms with Gasteiger partial charge >= 0.3 is 0 Å². The van der Waals surface area contributed by atoms with Gasteiger partial charge in [-0.05, 0) is 12.8 Å². The molecule has 21 heavy (non-hydrogen) atoms. The molecule has 1 aliphatic heterocycles. The summed E-state index contributed by atoms with van der Waals surface area (Å²) < 4.78 is 5.70. The Balaban J connectivity index is 1.82. The maximum absolute atomic E-state index is 5.70. The summed E-state index contributed by atoms with van der Waals surface area (Å²) in [5.41, 5.74) is 0. The molecule has 0 saturated carbocycles. The minimum atomic E-state index is 0.493. The van der Waals surface area contributed by atoms with E-state index in [0.29, 0.717) is 12.2 Å². The van der Waals surface area contributed by atoms with Crippen LogP contribution in [0.2, 0.25) is 0 Å². The largest absolute Gasteiger partial charge is 0.369 e. The van der Waals surface area contributed by atoms with Crippen molar-refractivity contribution in [3.63, 3.8) is 0 Å². The van der Waals surface area contributed by atoms with Gasteiger partial charge in [0.05, 0.1) is 12.2 Å². The summed E-state index contributed by atoms with van der Waals surface area (Å²) in [6.45, 7) is 5.92. The molecule has 120 valence electrons. The van der Waals surface area contributed by atoms with Gasteiger partial charge in [0.25, 0.3) is 0 Å². The molecule has 0 bridgehead atoms. The summed E-state index contributed by atoms with van der Waals surface area (Å²) in [5, 5.41) is 0. The predicted molar refractivity (Wildman–Crippen MR) is 93.6 cm³/mol. The van der Waals surface area contributed by atoms with Crippen molar-refractivity contribution in [3.05, 3.63) is 37.0 Å². The third kappa shape index (κ3) is 10.5. The highest BCUT2D eigenvalue weighted by Crippen LogP contribution is 2.30. The van der Waals surface area contributed by atoms with Gasteiger partial charge in [-0.15, -0.1) is 0 Å². The van der Waals surface area contributed by atoms with Crippen LogP contribution in [0.3, 0.4) is 0 Å². The molecule has 0 spiro atoms. The van der Waals surface area contributed by atoms with Crippen molar-refractivity contribution in [2.24, 2.45) is 0 Å². The normalized spacial score (nSPS) is 21.4. The molecule has 1 heterocycles. The third-order valence-corrected chi connectivity index (χ3v) is 4.14. The zero-order valence-electron chi connectivity index (χ0n) is 13.9. The summed E-state index contributed by atoms with van der Waals surface area (Å²) >= 11 is 0. The molecule has 1 aliphatic rings. The van der Waals surface area contributed by atoms with Crippen molar-refractivity contribution in [2.45, 2.75) is 89.8 Å². The average molecular weight is 290 g/mol. The van der Waals surface area contributed by atoms with Crippen LogP contribution in [0.25, 0.3) is 0 Å². The van der Waals surface area contributed by atoms with E-state index in [1.165, 1.54) is 64.2 Å². The Hall–Kier alpha value is -0.820. The minimum Gasteiger partial charge on any atom is -0.369 e. The number of rotatable bonds is 14. The number of hydrogen-bond acceptors (Lipinski definition) is 1. The van der Waals surface area contributed by atoms with Crippen LogP contribution < -0.4 is 0 Å². The van der Waals surface area contributed by atoms with E-state index in [2.05, 4.69) is 25.7 Å². The highest BCUT2D eigenvalue weighted by molar-refractivity contribution is 5.09. The Bertz CT molecular complexity index is 303. The lowest BCUT2D eigenvalue weighted by Crippen LogP contribution is -1.92. The lowest BCUT2D eigenvalue weighted by Gasteiger charge is -2.01. The van der Waals surface area contributed by atoms with Crippen molar-refractivity contribution >= 4 is 0 Å². The first-order chi connectivity index (χ1) is 10.4. The van der Waals surface area contributed by atoms with Crippen LogP contribution >= 0.6 is 0 Å². The predicted octanol–water partition coefficient (Wildman–Crippen LogP) is 6.36. The van der Waals surface area contributed by atoms with E-state index >= 15 is 0 Å². The van der Waals surface area contributed by atoms with Gasteiger partial charge in [-0.3, -0.25) is 0 Å². The van der Waals surface area contributed by atoms with Gasteiger partial charge in [0.1, 0.15) is 0 Å². The Morgan fingerprint density at radius 1 is 0.810 bits per heavy atom. The lowest BCUT2D eigenvalue weighted by atomic mass is 10.0. The summed E-state index contributed by atoms with van der Waals surface area (Å²) in [6.07, 6.45) is 26.0. The molecule has 0 aromatic heterocycles. The number of epoxide rings is 1. The Morgan fingerprint density at radius 2 is 1.48 bits per heavy atom. The molecule has 0 amide bonds. The zero-order chi connectivity index (χ0) is 15.2. The minimum absolute atomic E-state index is 0.493. The quantitative estimate of drug-likeness (QED) is 0.206. The summed E-state index contributed by atoms with van der Waals surface area (Å²) in [5.74, 6) is 0. The molecular weight excluding hydrogens is 256 g/mol. The molecule has 2 atom stereocenters. The monoisotopic (exact) mass is 290 g/mol. The van der Waals surface area contributed by atoms with Gasteiger partial charge in [-0.2, -0.15) is 0 Å². The van der Waals surface area contributed by atoms with Crippen molar-refractivity contribution in [1.29, 1.82) is 0 Å². The summed E-state index contributed by atoms with van der Waals surface area (Å²) in [7, 11) is 0. The van der Waals surface area contributed by atoms with E-state index in [-0.39, 0.29) is 0 Å². The molecule has 0 aromatic rings. The van der Waals surface area contributed by atoms with Gasteiger partial charge in [0.2, 0.25) is 0 Å². The van der Waals surface area contributed by atoms with Crippen LogP contribution in [0.1, 0.15) is 77.6 Å². The lowest BCUT2D eigenvalue weighted by molar-refractivity contribution is 0.358. The fourth-order valence-electron chi connectivity index (χ4n) is 2.73. The average Bonchev–Trinajstić information content (AvgIpc) is 3.24. The first-order valence-corrected chi connectivity index (χ1v) is 8.98. The first-order valence-electron chi connectivity index (χ1n) is 8.98. The SMILES string of the molecule is C=C/C=C/C=C/CC1OC1CCCCCCCCCCC. The highest BCUT2D eigenvalue weighted by atomic mass is 16.6. The number of ether oxygens (including phenoxy) is 1. The van der Waals surface area contributed by atoms with E-state index in [0.717, 1.165) is 6.42 Å². The van der Waals surface area contributed by atoms with Crippen LogP contribution in [-0.2, 0) is 4.74 Å². The second-order valence-corrected chi connectivity index (χ2v) is 6.11. The second-order valence-electron chi connectivity index (χ2n) is 6.11. The van der Waals surface area contributed by atoms with Gasteiger partial charge in [0, 0.05) is 0 Å². The van der Waals surface area contributed by atoms with E-state index in [1.54, 1.807) is 6.08 Å². The van der Waals surface area contributed by atoms with E-state index in [1.807, 2.05) is 12.2 Å². The van der Waals surface area contributed by atoms with E-state index in [4.69, 9.17) is 4.74 Å². The molecule has 0 aliphatic carbocycles. The third-order valence-electron chi connectivity index (χ3n) is 4.14. The molecule has 0 radical (unpaired) electrons. The van der Waals surface area contributed by atoms with Gasteiger partial charge < -0.3 is 4.74 Å². The zero-order valence-corrected chi connectivity index (χ0v) is 13.9. The maximum Gasteiger partial charge on any atom is 0.0876 e. The van der Waals surface area contributed by atoms with Gasteiger partial charge in [-0.1, -0.05) is 102 Å². The van der Waals surface area contributed by atoms with Crippen LogP contribution in [0.4, 0.5) is 0 Å². The van der Waals surface area contributed by atoms with Crippen LogP contribution in [-0.4, -0.2) is 12.2 Å². The number of unbranched alkanes of at least 4 members (excludes halogenated alkanes) is 8. The molecule has 1 saturated heterocycles. The topological polar surface area (TPSA) is 12.5 Å². The standard InChI is InChI=1S/C20H34O/c1-3-5-7-9-10-11-12-14-16-18-20-19(21-20)17-15-13-8-6-4-2/h4,6,8,13,15,19-20H,2-3,5,7,9-12,14,16-18H2,1H3/b8-6+,15-13+. The highest BCUT2D eigenvalue weighted by Gasteiger charge is 2.36. The maximum atomic E-state index is 5.70. The smallest absolute Gasteiger partial charge is 0.0876 e. The fourth-order valence-corrected chi connectivity index (χ4v) is 2.73.